The second-order valence-electron chi connectivity index (χ2n) is 11.8. The molecule has 3 aliphatic heterocycles. The van der Waals surface area contributed by atoms with Crippen LogP contribution in [0.5, 0.6) is 57.5 Å². The zero-order chi connectivity index (χ0) is 34.6. The largest absolute Gasteiger partial charge is 0.496 e. The first-order chi connectivity index (χ1) is 23.7. The zero-order valence-corrected chi connectivity index (χ0v) is 28.2. The first-order valence-corrected chi connectivity index (χ1v) is 15.6. The minimum atomic E-state index is -1.77. The van der Waals surface area contributed by atoms with Crippen LogP contribution in [0, 0.1) is 0 Å². The number of rotatable bonds is 9. The van der Waals surface area contributed by atoms with Crippen molar-refractivity contribution in [2.24, 2.45) is 0 Å². The summed E-state index contributed by atoms with van der Waals surface area (Å²) in [5, 5.41) is 24.0. The monoisotopic (exact) mass is 674 g/mol. The van der Waals surface area contributed by atoms with Gasteiger partial charge in [0.25, 0.3) is 0 Å². The van der Waals surface area contributed by atoms with Crippen molar-refractivity contribution in [3.63, 3.8) is 0 Å². The Morgan fingerprint density at radius 1 is 0.612 bits per heavy atom. The number of methoxy groups -OCH3 is 7. The molecule has 0 fully saturated rings. The second kappa shape index (κ2) is 12.4. The molecule has 0 amide bonds. The van der Waals surface area contributed by atoms with Crippen molar-refractivity contribution in [3.05, 3.63) is 82.4 Å². The summed E-state index contributed by atoms with van der Waals surface area (Å²) in [6.45, 7) is 0. The maximum atomic E-state index is 12.5. The third-order valence-corrected chi connectivity index (χ3v) is 9.48. The summed E-state index contributed by atoms with van der Waals surface area (Å²) in [6.07, 6.45) is -2.90. The van der Waals surface area contributed by atoms with Crippen molar-refractivity contribution in [3.8, 4) is 57.5 Å². The van der Waals surface area contributed by atoms with Crippen LogP contribution in [-0.2, 0) is 12.2 Å². The molecule has 4 aromatic carbocycles. The average molecular weight is 675 g/mol. The number of hydrogen-bond acceptors (Lipinski definition) is 12. The summed E-state index contributed by atoms with van der Waals surface area (Å²) < 4.78 is 59.7. The Morgan fingerprint density at radius 2 is 1.22 bits per heavy atom. The third kappa shape index (κ3) is 4.88. The zero-order valence-electron chi connectivity index (χ0n) is 28.2. The Balaban J connectivity index is 1.48. The van der Waals surface area contributed by atoms with Gasteiger partial charge in [0.05, 0.1) is 61.8 Å². The first kappa shape index (κ1) is 32.4. The van der Waals surface area contributed by atoms with Gasteiger partial charge in [-0.1, -0.05) is 6.07 Å². The van der Waals surface area contributed by atoms with Crippen molar-refractivity contribution in [1.82, 2.24) is 0 Å². The number of ether oxygens (including phenoxy) is 10. The van der Waals surface area contributed by atoms with Gasteiger partial charge in [-0.2, -0.15) is 0 Å². The molecule has 0 saturated heterocycles. The van der Waals surface area contributed by atoms with Gasteiger partial charge < -0.3 is 57.6 Å². The molecule has 2 bridgehead atoms. The quantitative estimate of drug-likeness (QED) is 0.250. The van der Waals surface area contributed by atoms with E-state index in [0.29, 0.717) is 85.3 Å². The molecule has 12 nitrogen and oxygen atoms in total. The van der Waals surface area contributed by atoms with Gasteiger partial charge >= 0.3 is 5.79 Å². The van der Waals surface area contributed by atoms with E-state index in [0.717, 1.165) is 0 Å². The number of fused-ring (bicyclic) bond motifs is 8. The van der Waals surface area contributed by atoms with Crippen molar-refractivity contribution in [2.75, 3.05) is 49.8 Å². The molecule has 0 aromatic heterocycles. The molecule has 2 N–H and O–H groups in total. The normalized spacial score (nSPS) is 22.9. The Kier molecular flexibility index (Phi) is 8.16. The van der Waals surface area contributed by atoms with E-state index >= 15 is 0 Å². The number of aliphatic hydroxyl groups is 2. The van der Waals surface area contributed by atoms with Crippen LogP contribution in [0.15, 0.2) is 54.6 Å². The fraction of sp³-hybridized carbons (Fsp3) is 0.351. The number of aliphatic hydroxyl groups excluding tert-OH is 2. The highest BCUT2D eigenvalue weighted by Crippen LogP contribution is 2.62. The van der Waals surface area contributed by atoms with Gasteiger partial charge in [0.2, 0.25) is 0 Å². The van der Waals surface area contributed by atoms with Gasteiger partial charge in [0.15, 0.2) is 23.0 Å². The van der Waals surface area contributed by atoms with E-state index in [2.05, 4.69) is 0 Å². The molecule has 49 heavy (non-hydrogen) atoms. The highest BCUT2D eigenvalue weighted by atomic mass is 16.7. The maximum absolute atomic E-state index is 12.5. The van der Waals surface area contributed by atoms with Gasteiger partial charge in [-0.25, -0.2) is 0 Å². The minimum absolute atomic E-state index is 0.192. The molecule has 12 heteroatoms. The molecule has 4 aromatic rings. The number of benzene rings is 4. The summed E-state index contributed by atoms with van der Waals surface area (Å²) in [7, 11) is 10.8. The van der Waals surface area contributed by atoms with Gasteiger partial charge in [0.1, 0.15) is 46.7 Å². The molecule has 0 unspecified atom stereocenters. The van der Waals surface area contributed by atoms with Crippen LogP contribution in [0.1, 0.15) is 39.8 Å². The lowest BCUT2D eigenvalue weighted by atomic mass is 9.74. The summed E-state index contributed by atoms with van der Waals surface area (Å²) in [6, 6.07) is 15.7. The second-order valence-corrected chi connectivity index (χ2v) is 11.8. The fourth-order valence-corrected chi connectivity index (χ4v) is 7.14. The standard InChI is InChI=1S/C37H38O12/c1-40-20-14-28(46-7)31-29(15-20)48-37(19-9-11-24(42-3)27(13-19)45-6)36(39)33(31)32-30(49-37)17-25(43-4)21-16-22(38)34(47-35(21)32)18-8-10-23(41-2)26(12-18)44-5/h8-15,17,22,33-34,36,38-39H,16H2,1-7H3/t22-,33-,34+,36-,37+/m1/s1. The minimum Gasteiger partial charge on any atom is -0.496 e. The van der Waals surface area contributed by atoms with Crippen LogP contribution >= 0.6 is 0 Å². The molecule has 0 radical (unpaired) electrons. The molecule has 258 valence electrons. The van der Waals surface area contributed by atoms with E-state index in [1.807, 2.05) is 6.07 Å². The van der Waals surface area contributed by atoms with Crippen molar-refractivity contribution < 1.29 is 57.6 Å². The van der Waals surface area contributed by atoms with Gasteiger partial charge in [-0.15, -0.1) is 0 Å². The van der Waals surface area contributed by atoms with Gasteiger partial charge in [-0.05, 0) is 35.9 Å². The highest BCUT2D eigenvalue weighted by molar-refractivity contribution is 5.68. The molecule has 0 spiro atoms. The van der Waals surface area contributed by atoms with Crippen molar-refractivity contribution >= 4 is 0 Å². The van der Waals surface area contributed by atoms with Crippen LogP contribution in [0.2, 0.25) is 0 Å². The maximum Gasteiger partial charge on any atom is 0.305 e. The Bertz CT molecular complexity index is 1910. The van der Waals surface area contributed by atoms with E-state index in [1.165, 1.54) is 7.11 Å². The third-order valence-electron chi connectivity index (χ3n) is 9.48. The van der Waals surface area contributed by atoms with Crippen LogP contribution in [0.4, 0.5) is 0 Å². The summed E-state index contributed by atoms with van der Waals surface area (Å²) in [5.74, 6) is 1.88. The van der Waals surface area contributed by atoms with Crippen LogP contribution in [0.25, 0.3) is 0 Å². The molecule has 3 aliphatic rings. The van der Waals surface area contributed by atoms with Crippen molar-refractivity contribution in [2.45, 2.75) is 36.4 Å². The SMILES string of the molecule is COc1cc(OC)c2c(c1)O[C@@]1(c3ccc(OC)c(OC)c3)Oc3cc(OC)c4c(c3[C@@H]2[C@H]1O)O[C@@H](c1ccc(OC)c(OC)c1)[C@H](O)C4. The van der Waals surface area contributed by atoms with E-state index in [9.17, 15) is 10.2 Å². The summed E-state index contributed by atoms with van der Waals surface area (Å²) >= 11 is 0. The lowest BCUT2D eigenvalue weighted by Gasteiger charge is -2.50. The van der Waals surface area contributed by atoms with Crippen LogP contribution in [-0.4, -0.2) is 72.2 Å². The Hall–Kier alpha value is -5.20. The smallest absolute Gasteiger partial charge is 0.305 e. The average Bonchev–Trinajstić information content (AvgIpc) is 3.13. The molecular weight excluding hydrogens is 636 g/mol. The van der Waals surface area contributed by atoms with E-state index in [-0.39, 0.29) is 6.42 Å². The van der Waals surface area contributed by atoms with E-state index in [1.54, 1.807) is 91.2 Å². The molecular formula is C37H38O12. The molecule has 7 rings (SSSR count). The lowest BCUT2D eigenvalue weighted by Crippen LogP contribution is -2.57. The lowest BCUT2D eigenvalue weighted by molar-refractivity contribution is -0.219. The predicted octanol–water partition coefficient (Wildman–Crippen LogP) is 4.91. The van der Waals surface area contributed by atoms with E-state index < -0.39 is 30.0 Å². The fourth-order valence-electron chi connectivity index (χ4n) is 7.14. The molecule has 0 aliphatic carbocycles. The van der Waals surface area contributed by atoms with Crippen molar-refractivity contribution in [1.29, 1.82) is 0 Å². The van der Waals surface area contributed by atoms with E-state index in [4.69, 9.17) is 47.4 Å². The summed E-state index contributed by atoms with van der Waals surface area (Å²) in [4.78, 5) is 0. The van der Waals surface area contributed by atoms with Crippen LogP contribution < -0.4 is 47.4 Å². The molecule has 0 saturated carbocycles. The van der Waals surface area contributed by atoms with Gasteiger partial charge in [-0.3, -0.25) is 0 Å². The van der Waals surface area contributed by atoms with Crippen LogP contribution in [0.3, 0.4) is 0 Å². The first-order valence-electron chi connectivity index (χ1n) is 15.6. The predicted molar refractivity (Wildman–Crippen MR) is 175 cm³/mol. The number of hydrogen-bond donors (Lipinski definition) is 2. The topological polar surface area (TPSA) is 133 Å². The molecule has 3 heterocycles. The highest BCUT2D eigenvalue weighted by Gasteiger charge is 2.60. The summed E-state index contributed by atoms with van der Waals surface area (Å²) in [5.41, 5.74) is 2.88. The van der Waals surface area contributed by atoms with Gasteiger partial charge in [0, 0.05) is 46.9 Å². The molecule has 5 atom stereocenters. The Morgan fingerprint density at radius 3 is 1.86 bits per heavy atom. The Labute approximate surface area is 283 Å².